The Kier molecular flexibility index (Phi) is 6.85. The number of carbonyl (C=O) groups excluding carboxylic acids is 1. The Hall–Kier alpha value is -3.47. The predicted molar refractivity (Wildman–Crippen MR) is 120 cm³/mol. The maximum absolute atomic E-state index is 13.5. The molecule has 3 aromatic rings. The van der Waals surface area contributed by atoms with Crippen LogP contribution in [0.15, 0.2) is 77.7 Å². The van der Waals surface area contributed by atoms with E-state index in [2.05, 4.69) is 5.32 Å². The highest BCUT2D eigenvalue weighted by atomic mass is 32.2. The largest absolute Gasteiger partial charge is 0.325 e. The molecule has 3 aromatic carbocycles. The Morgan fingerprint density at radius 2 is 1.74 bits per heavy atom. The number of amides is 1. The first-order chi connectivity index (χ1) is 14.8. The number of nitriles is 1. The van der Waals surface area contributed by atoms with E-state index in [-0.39, 0.29) is 18.0 Å². The van der Waals surface area contributed by atoms with E-state index in [0.717, 1.165) is 11.1 Å². The van der Waals surface area contributed by atoms with Crippen molar-refractivity contribution < 1.29 is 13.2 Å². The van der Waals surface area contributed by atoms with E-state index in [0.29, 0.717) is 16.8 Å². The van der Waals surface area contributed by atoms with Gasteiger partial charge in [-0.25, -0.2) is 8.42 Å². The van der Waals surface area contributed by atoms with Gasteiger partial charge in [-0.1, -0.05) is 48.5 Å². The Bertz CT molecular complexity index is 1230. The summed E-state index contributed by atoms with van der Waals surface area (Å²) in [5.74, 6) is -0.486. The molecule has 0 aliphatic rings. The van der Waals surface area contributed by atoms with Crippen molar-refractivity contribution in [2.24, 2.45) is 0 Å². The van der Waals surface area contributed by atoms with E-state index < -0.39 is 15.9 Å². The summed E-state index contributed by atoms with van der Waals surface area (Å²) in [6.07, 6.45) is 0. The van der Waals surface area contributed by atoms with Gasteiger partial charge in [-0.05, 0) is 54.8 Å². The molecule has 158 valence electrons. The molecule has 0 radical (unpaired) electrons. The summed E-state index contributed by atoms with van der Waals surface area (Å²) in [5.41, 5.74) is 3.05. The Balaban J connectivity index is 1.91. The lowest BCUT2D eigenvalue weighted by atomic mass is 10.2. The second-order valence-electron chi connectivity index (χ2n) is 7.27. The highest BCUT2D eigenvalue weighted by Gasteiger charge is 2.28. The van der Waals surface area contributed by atoms with E-state index in [4.69, 9.17) is 5.26 Å². The van der Waals surface area contributed by atoms with Gasteiger partial charge in [0.15, 0.2) is 0 Å². The summed E-state index contributed by atoms with van der Waals surface area (Å²) in [5, 5.41) is 11.7. The zero-order valence-corrected chi connectivity index (χ0v) is 18.2. The van der Waals surface area contributed by atoms with Crippen molar-refractivity contribution in [3.8, 4) is 6.07 Å². The van der Waals surface area contributed by atoms with E-state index in [1.165, 1.54) is 4.31 Å². The molecule has 1 N–H and O–H groups in total. The van der Waals surface area contributed by atoms with E-state index in [1.54, 1.807) is 43.3 Å². The number of nitrogens with zero attached hydrogens (tertiary/aromatic N) is 2. The number of hydrogen-bond donors (Lipinski definition) is 1. The minimum atomic E-state index is -3.93. The van der Waals surface area contributed by atoms with Gasteiger partial charge in [0.2, 0.25) is 15.9 Å². The SMILES string of the molecule is Cc1ccc(C)c(S(=O)(=O)N(CC(=O)Nc2cccc(C#N)c2)Cc2ccccc2)c1. The van der Waals surface area contributed by atoms with Crippen molar-refractivity contribution >= 4 is 21.6 Å². The number of rotatable bonds is 7. The van der Waals surface area contributed by atoms with Crippen LogP contribution in [0.5, 0.6) is 0 Å². The molecule has 0 aliphatic carbocycles. The number of anilines is 1. The first-order valence-electron chi connectivity index (χ1n) is 9.71. The lowest BCUT2D eigenvalue weighted by Crippen LogP contribution is -2.38. The molecule has 7 heteroatoms. The number of hydrogen-bond acceptors (Lipinski definition) is 4. The molecule has 0 saturated carbocycles. The molecule has 0 aliphatic heterocycles. The average Bonchev–Trinajstić information content (AvgIpc) is 2.75. The standard InChI is InChI=1S/C24H23N3O3S/c1-18-11-12-19(2)23(13-18)31(29,30)27(16-20-7-4-3-5-8-20)17-24(28)26-22-10-6-9-21(14-22)15-25/h3-14H,16-17H2,1-2H3,(H,26,28). The molecule has 0 bridgehead atoms. The molecule has 1 amide bonds. The number of benzene rings is 3. The van der Waals surface area contributed by atoms with Crippen LogP contribution in [0.25, 0.3) is 0 Å². The van der Waals surface area contributed by atoms with Gasteiger partial charge in [-0.3, -0.25) is 4.79 Å². The second kappa shape index (κ2) is 9.56. The van der Waals surface area contributed by atoms with Crippen LogP contribution >= 0.6 is 0 Å². The van der Waals surface area contributed by atoms with Crippen molar-refractivity contribution in [1.82, 2.24) is 4.31 Å². The molecular formula is C24H23N3O3S. The third-order valence-electron chi connectivity index (χ3n) is 4.76. The molecule has 3 rings (SSSR count). The van der Waals surface area contributed by atoms with Crippen molar-refractivity contribution in [2.75, 3.05) is 11.9 Å². The fourth-order valence-corrected chi connectivity index (χ4v) is 4.86. The van der Waals surface area contributed by atoms with Gasteiger partial charge >= 0.3 is 0 Å². The molecule has 0 fully saturated rings. The molecule has 0 aromatic heterocycles. The lowest BCUT2D eigenvalue weighted by molar-refractivity contribution is -0.116. The maximum atomic E-state index is 13.5. The maximum Gasteiger partial charge on any atom is 0.244 e. The quantitative estimate of drug-likeness (QED) is 0.610. The molecule has 0 saturated heterocycles. The van der Waals surface area contributed by atoms with E-state index >= 15 is 0 Å². The number of sulfonamides is 1. The monoisotopic (exact) mass is 433 g/mol. The second-order valence-corrected chi connectivity index (χ2v) is 9.17. The van der Waals surface area contributed by atoms with Crippen LogP contribution in [0.4, 0.5) is 5.69 Å². The summed E-state index contributed by atoms with van der Waals surface area (Å²) >= 11 is 0. The first kappa shape index (κ1) is 22.2. The zero-order valence-electron chi connectivity index (χ0n) is 17.4. The fourth-order valence-electron chi connectivity index (χ4n) is 3.16. The van der Waals surface area contributed by atoms with E-state index in [9.17, 15) is 13.2 Å². The fraction of sp³-hybridized carbons (Fsp3) is 0.167. The Labute approximate surface area is 182 Å². The van der Waals surface area contributed by atoms with Crippen molar-refractivity contribution in [2.45, 2.75) is 25.3 Å². The van der Waals surface area contributed by atoms with Gasteiger partial charge in [-0.15, -0.1) is 0 Å². The summed E-state index contributed by atoms with van der Waals surface area (Å²) in [4.78, 5) is 12.9. The Morgan fingerprint density at radius 3 is 2.45 bits per heavy atom. The van der Waals surface area contributed by atoms with Crippen molar-refractivity contribution in [3.05, 3.63) is 95.1 Å². The summed E-state index contributed by atoms with van der Waals surface area (Å²) < 4.78 is 28.2. The smallest absolute Gasteiger partial charge is 0.244 e. The molecule has 0 unspecified atom stereocenters. The molecule has 0 spiro atoms. The van der Waals surface area contributed by atoms with Crippen LogP contribution in [0.3, 0.4) is 0 Å². The van der Waals surface area contributed by atoms with Crippen LogP contribution in [0, 0.1) is 25.2 Å². The minimum Gasteiger partial charge on any atom is -0.325 e. The van der Waals surface area contributed by atoms with Gasteiger partial charge in [0.1, 0.15) is 0 Å². The van der Waals surface area contributed by atoms with Crippen LogP contribution in [0.2, 0.25) is 0 Å². The number of nitrogens with one attached hydrogen (secondary N) is 1. The van der Waals surface area contributed by atoms with Gasteiger partial charge in [0.25, 0.3) is 0 Å². The van der Waals surface area contributed by atoms with Crippen molar-refractivity contribution in [3.63, 3.8) is 0 Å². The third-order valence-corrected chi connectivity index (χ3v) is 6.69. The molecule has 31 heavy (non-hydrogen) atoms. The summed E-state index contributed by atoms with van der Waals surface area (Å²) in [6.45, 7) is 3.26. The molecule has 6 nitrogen and oxygen atoms in total. The normalized spacial score (nSPS) is 11.2. The minimum absolute atomic E-state index is 0.0577. The average molecular weight is 434 g/mol. The summed E-state index contributed by atoms with van der Waals surface area (Å²) in [6, 6.07) is 22.9. The van der Waals surface area contributed by atoms with Crippen LogP contribution in [0.1, 0.15) is 22.3 Å². The molecule has 0 heterocycles. The number of aryl methyl sites for hydroxylation is 2. The van der Waals surface area contributed by atoms with E-state index in [1.807, 2.05) is 49.4 Å². The summed E-state index contributed by atoms with van der Waals surface area (Å²) in [7, 11) is -3.93. The zero-order chi connectivity index (χ0) is 22.4. The number of carbonyl (C=O) groups is 1. The topological polar surface area (TPSA) is 90.3 Å². The predicted octanol–water partition coefficient (Wildman–Crippen LogP) is 4.00. The van der Waals surface area contributed by atoms with Crippen LogP contribution in [-0.4, -0.2) is 25.2 Å². The molecular weight excluding hydrogens is 410 g/mol. The van der Waals surface area contributed by atoms with Gasteiger partial charge < -0.3 is 5.32 Å². The highest BCUT2D eigenvalue weighted by molar-refractivity contribution is 7.89. The first-order valence-corrected chi connectivity index (χ1v) is 11.1. The Morgan fingerprint density at radius 1 is 1.00 bits per heavy atom. The third kappa shape index (κ3) is 5.57. The van der Waals surface area contributed by atoms with Crippen LogP contribution < -0.4 is 5.32 Å². The van der Waals surface area contributed by atoms with Crippen LogP contribution in [-0.2, 0) is 21.4 Å². The van der Waals surface area contributed by atoms with Gasteiger partial charge in [0, 0.05) is 12.2 Å². The lowest BCUT2D eigenvalue weighted by Gasteiger charge is -2.23. The van der Waals surface area contributed by atoms with Gasteiger partial charge in [0.05, 0.1) is 23.1 Å². The molecule has 0 atom stereocenters. The van der Waals surface area contributed by atoms with Crippen molar-refractivity contribution in [1.29, 1.82) is 5.26 Å². The van der Waals surface area contributed by atoms with Gasteiger partial charge in [-0.2, -0.15) is 9.57 Å². The highest BCUT2D eigenvalue weighted by Crippen LogP contribution is 2.23.